The number of hydrogen-bond acceptors (Lipinski definition) is 3. The van der Waals surface area contributed by atoms with Crippen LogP contribution in [0.1, 0.15) is 25.8 Å². The Morgan fingerprint density at radius 1 is 1.39 bits per heavy atom. The van der Waals surface area contributed by atoms with Crippen LogP contribution in [0.2, 0.25) is 0 Å². The van der Waals surface area contributed by atoms with Crippen LogP contribution in [0, 0.1) is 11.8 Å². The molecule has 0 radical (unpaired) electrons. The quantitative estimate of drug-likeness (QED) is 0.789. The van der Waals surface area contributed by atoms with Crippen molar-refractivity contribution in [1.82, 2.24) is 4.90 Å². The molecule has 1 fully saturated rings. The molecule has 124 valence electrons. The standard InChI is InChI=1S/C18H22ClNO3/c1-13(2)16(9-6-10-19)17(21)20-15(12-23-18(20)22)11-14-7-4-3-5-8-14/h3-8,10,13,15-16H,9,11-12H2,1-2H3/b10-6+/t15-,16-/m0/s1. The first kappa shape index (κ1) is 17.5. The van der Waals surface area contributed by atoms with Crippen LogP contribution < -0.4 is 0 Å². The zero-order valence-electron chi connectivity index (χ0n) is 13.4. The fourth-order valence-corrected chi connectivity index (χ4v) is 2.90. The van der Waals surface area contributed by atoms with Crippen molar-refractivity contribution in [1.29, 1.82) is 0 Å². The molecule has 0 unspecified atom stereocenters. The van der Waals surface area contributed by atoms with Crippen molar-refractivity contribution >= 4 is 23.6 Å². The predicted octanol–water partition coefficient (Wildman–Crippen LogP) is 3.99. The van der Waals surface area contributed by atoms with E-state index in [4.69, 9.17) is 16.3 Å². The Kier molecular flexibility index (Phi) is 6.22. The van der Waals surface area contributed by atoms with Crippen LogP contribution in [-0.4, -0.2) is 29.5 Å². The van der Waals surface area contributed by atoms with Gasteiger partial charge in [0.25, 0.3) is 0 Å². The van der Waals surface area contributed by atoms with E-state index in [1.807, 2.05) is 44.2 Å². The van der Waals surface area contributed by atoms with Gasteiger partial charge in [0.15, 0.2) is 0 Å². The van der Waals surface area contributed by atoms with Crippen LogP contribution in [0.25, 0.3) is 0 Å². The average Bonchev–Trinajstić information content (AvgIpc) is 2.88. The summed E-state index contributed by atoms with van der Waals surface area (Å²) in [5.41, 5.74) is 2.49. The van der Waals surface area contributed by atoms with Gasteiger partial charge in [-0.3, -0.25) is 4.79 Å². The van der Waals surface area contributed by atoms with E-state index in [1.54, 1.807) is 6.08 Å². The Balaban J connectivity index is 2.15. The number of cyclic esters (lactones) is 1. The average molecular weight is 336 g/mol. The third-order valence-corrected chi connectivity index (χ3v) is 4.29. The topological polar surface area (TPSA) is 46.6 Å². The normalized spacial score (nSPS) is 19.4. The van der Waals surface area contributed by atoms with Crippen molar-refractivity contribution in [3.63, 3.8) is 0 Å². The van der Waals surface area contributed by atoms with E-state index in [1.165, 1.54) is 10.4 Å². The fourth-order valence-electron chi connectivity index (χ4n) is 2.80. The molecule has 1 aliphatic rings. The summed E-state index contributed by atoms with van der Waals surface area (Å²) in [5, 5.41) is 0. The minimum absolute atomic E-state index is 0.112. The van der Waals surface area contributed by atoms with Crippen molar-refractivity contribution in [2.75, 3.05) is 6.61 Å². The van der Waals surface area contributed by atoms with E-state index in [-0.39, 0.29) is 30.4 Å². The lowest BCUT2D eigenvalue weighted by atomic mass is 9.90. The highest BCUT2D eigenvalue weighted by Crippen LogP contribution is 2.25. The van der Waals surface area contributed by atoms with Gasteiger partial charge in [0.1, 0.15) is 6.61 Å². The molecule has 4 nitrogen and oxygen atoms in total. The van der Waals surface area contributed by atoms with E-state index < -0.39 is 6.09 Å². The van der Waals surface area contributed by atoms with Crippen molar-refractivity contribution in [2.45, 2.75) is 32.7 Å². The summed E-state index contributed by atoms with van der Waals surface area (Å²) in [5.74, 6) is -0.353. The summed E-state index contributed by atoms with van der Waals surface area (Å²) >= 11 is 5.58. The SMILES string of the molecule is CC(C)[C@H](C/C=C/Cl)C(=O)N1C(=O)OC[C@@H]1Cc1ccccc1. The maximum absolute atomic E-state index is 12.9. The van der Waals surface area contributed by atoms with Crippen molar-refractivity contribution < 1.29 is 14.3 Å². The molecule has 23 heavy (non-hydrogen) atoms. The maximum atomic E-state index is 12.9. The molecule has 1 saturated heterocycles. The summed E-state index contributed by atoms with van der Waals surface area (Å²) in [6.07, 6.45) is 2.32. The molecule has 0 aliphatic carbocycles. The minimum atomic E-state index is -0.545. The van der Waals surface area contributed by atoms with Crippen LogP contribution in [-0.2, 0) is 16.0 Å². The molecule has 1 aromatic rings. The van der Waals surface area contributed by atoms with Gasteiger partial charge >= 0.3 is 6.09 Å². The van der Waals surface area contributed by atoms with Gasteiger partial charge in [-0.2, -0.15) is 0 Å². The van der Waals surface area contributed by atoms with Gasteiger partial charge < -0.3 is 4.74 Å². The molecule has 1 heterocycles. The van der Waals surface area contributed by atoms with E-state index in [0.717, 1.165) is 5.56 Å². The number of carbonyl (C=O) groups is 2. The highest BCUT2D eigenvalue weighted by molar-refractivity contribution is 6.25. The van der Waals surface area contributed by atoms with Crippen molar-refractivity contribution in [2.24, 2.45) is 11.8 Å². The van der Waals surface area contributed by atoms with Gasteiger partial charge in [-0.05, 0) is 24.3 Å². The molecule has 0 aromatic heterocycles. The van der Waals surface area contributed by atoms with Gasteiger partial charge in [0, 0.05) is 11.5 Å². The lowest BCUT2D eigenvalue weighted by Gasteiger charge is -2.26. The molecule has 0 bridgehead atoms. The van der Waals surface area contributed by atoms with E-state index in [2.05, 4.69) is 0 Å². The molecular formula is C18H22ClNO3. The Morgan fingerprint density at radius 2 is 2.09 bits per heavy atom. The second-order valence-corrected chi connectivity index (χ2v) is 6.33. The van der Waals surface area contributed by atoms with E-state index >= 15 is 0 Å². The number of amides is 2. The zero-order valence-corrected chi connectivity index (χ0v) is 14.2. The van der Waals surface area contributed by atoms with Crippen LogP contribution in [0.15, 0.2) is 41.9 Å². The summed E-state index contributed by atoms with van der Waals surface area (Å²) in [6.45, 7) is 4.19. The number of hydrogen-bond donors (Lipinski definition) is 0. The van der Waals surface area contributed by atoms with Crippen LogP contribution in [0.3, 0.4) is 0 Å². The number of halogens is 1. The van der Waals surface area contributed by atoms with Gasteiger partial charge in [-0.1, -0.05) is 61.9 Å². The number of rotatable bonds is 6. The first-order chi connectivity index (χ1) is 11.0. The smallest absolute Gasteiger partial charge is 0.416 e. The molecule has 1 aliphatic heterocycles. The number of ether oxygens (including phenoxy) is 1. The van der Waals surface area contributed by atoms with E-state index in [9.17, 15) is 9.59 Å². The van der Waals surface area contributed by atoms with Crippen LogP contribution in [0.4, 0.5) is 4.79 Å². The molecule has 2 atom stereocenters. The lowest BCUT2D eigenvalue weighted by molar-refractivity contribution is -0.134. The molecule has 2 rings (SSSR count). The third kappa shape index (κ3) is 4.35. The summed E-state index contributed by atoms with van der Waals surface area (Å²) in [4.78, 5) is 26.2. The first-order valence-corrected chi connectivity index (χ1v) is 8.27. The summed E-state index contributed by atoms with van der Waals surface area (Å²) in [7, 11) is 0. The van der Waals surface area contributed by atoms with Crippen LogP contribution in [0.5, 0.6) is 0 Å². The number of allylic oxidation sites excluding steroid dienone is 1. The summed E-state index contributed by atoms with van der Waals surface area (Å²) in [6, 6.07) is 9.56. The monoisotopic (exact) mass is 335 g/mol. The number of imide groups is 1. The molecule has 0 spiro atoms. The third-order valence-electron chi connectivity index (χ3n) is 4.11. The van der Waals surface area contributed by atoms with Gasteiger partial charge in [0.05, 0.1) is 6.04 Å². The Labute approximate surface area is 142 Å². The van der Waals surface area contributed by atoms with E-state index in [0.29, 0.717) is 12.8 Å². The lowest BCUT2D eigenvalue weighted by Crippen LogP contribution is -2.44. The van der Waals surface area contributed by atoms with Gasteiger partial charge in [0.2, 0.25) is 5.91 Å². The molecule has 0 saturated carbocycles. The molecule has 5 heteroatoms. The molecule has 2 amide bonds. The Morgan fingerprint density at radius 3 is 2.70 bits per heavy atom. The second kappa shape index (κ2) is 8.16. The Hall–Kier alpha value is -1.81. The molecule has 1 aromatic carbocycles. The minimum Gasteiger partial charge on any atom is -0.447 e. The fraction of sp³-hybridized carbons (Fsp3) is 0.444. The highest BCUT2D eigenvalue weighted by Gasteiger charge is 2.41. The Bertz CT molecular complexity index is 571. The number of carbonyl (C=O) groups excluding carboxylic acids is 2. The number of nitrogens with zero attached hydrogens (tertiary/aromatic N) is 1. The molecule has 0 N–H and O–H groups in total. The van der Waals surface area contributed by atoms with Crippen LogP contribution >= 0.6 is 11.6 Å². The highest BCUT2D eigenvalue weighted by atomic mass is 35.5. The second-order valence-electron chi connectivity index (χ2n) is 6.08. The van der Waals surface area contributed by atoms with Gasteiger partial charge in [-0.15, -0.1) is 0 Å². The van der Waals surface area contributed by atoms with Gasteiger partial charge in [-0.25, -0.2) is 9.69 Å². The zero-order chi connectivity index (χ0) is 16.8. The predicted molar refractivity (Wildman–Crippen MR) is 90.1 cm³/mol. The summed E-state index contributed by atoms with van der Waals surface area (Å²) < 4.78 is 5.13. The van der Waals surface area contributed by atoms with Crippen molar-refractivity contribution in [3.8, 4) is 0 Å². The molecular weight excluding hydrogens is 314 g/mol. The first-order valence-electron chi connectivity index (χ1n) is 7.83. The number of benzene rings is 1. The maximum Gasteiger partial charge on any atom is 0.416 e. The van der Waals surface area contributed by atoms with Crippen molar-refractivity contribution in [3.05, 3.63) is 47.5 Å². The largest absolute Gasteiger partial charge is 0.447 e.